The van der Waals surface area contributed by atoms with Gasteiger partial charge in [0, 0.05) is 30.1 Å². The molecule has 0 spiro atoms. The molecule has 1 N–H and O–H groups in total. The van der Waals surface area contributed by atoms with Crippen molar-refractivity contribution in [2.24, 2.45) is 5.92 Å². The molecule has 1 atom stereocenters. The molecule has 2 aromatic rings. The SMILES string of the molecule is O=C(C1CCc2nc(-c3ccccc3)[nH]c(=O)c2CC1)N1CCCC1. The van der Waals surface area contributed by atoms with Crippen LogP contribution in [0.4, 0.5) is 0 Å². The molecule has 4 rings (SSSR count). The highest BCUT2D eigenvalue weighted by Crippen LogP contribution is 2.26. The molecule has 1 aromatic heterocycles. The van der Waals surface area contributed by atoms with Crippen LogP contribution in [0.25, 0.3) is 11.4 Å². The van der Waals surface area contributed by atoms with Crippen LogP contribution < -0.4 is 5.56 Å². The summed E-state index contributed by atoms with van der Waals surface area (Å²) in [5.41, 5.74) is 2.48. The van der Waals surface area contributed by atoms with Gasteiger partial charge in [-0.1, -0.05) is 30.3 Å². The van der Waals surface area contributed by atoms with Crippen LogP contribution in [0.1, 0.15) is 36.9 Å². The Labute approximate surface area is 147 Å². The Hall–Kier alpha value is -2.43. The third kappa shape index (κ3) is 3.23. The largest absolute Gasteiger partial charge is 0.342 e. The van der Waals surface area contributed by atoms with Crippen molar-refractivity contribution in [1.82, 2.24) is 14.9 Å². The summed E-state index contributed by atoms with van der Waals surface area (Å²) in [6, 6.07) is 9.71. The number of H-pyrrole nitrogens is 1. The Morgan fingerprint density at radius 3 is 2.56 bits per heavy atom. The van der Waals surface area contributed by atoms with Gasteiger partial charge in [-0.3, -0.25) is 9.59 Å². The monoisotopic (exact) mass is 337 g/mol. The smallest absolute Gasteiger partial charge is 0.254 e. The van der Waals surface area contributed by atoms with Gasteiger partial charge in [0.1, 0.15) is 5.82 Å². The number of benzene rings is 1. The van der Waals surface area contributed by atoms with Crippen LogP contribution in [0.15, 0.2) is 35.1 Å². The minimum absolute atomic E-state index is 0.0203. The van der Waals surface area contributed by atoms with E-state index in [1.807, 2.05) is 35.2 Å². The van der Waals surface area contributed by atoms with E-state index in [1.54, 1.807) is 0 Å². The first-order valence-electron chi connectivity index (χ1n) is 9.18. The Bertz CT molecular complexity index is 823. The zero-order valence-electron chi connectivity index (χ0n) is 14.3. The molecule has 0 bridgehead atoms. The number of nitrogens with one attached hydrogen (secondary N) is 1. The molecule has 130 valence electrons. The number of likely N-dealkylation sites (tertiary alicyclic amines) is 1. The third-order valence-electron chi connectivity index (χ3n) is 5.39. The number of carbonyl (C=O) groups excluding carboxylic acids is 1. The van der Waals surface area contributed by atoms with Gasteiger partial charge < -0.3 is 9.88 Å². The molecule has 1 aliphatic carbocycles. The highest BCUT2D eigenvalue weighted by atomic mass is 16.2. The topological polar surface area (TPSA) is 66.1 Å². The lowest BCUT2D eigenvalue weighted by Gasteiger charge is -2.21. The van der Waals surface area contributed by atoms with Gasteiger partial charge in [0.2, 0.25) is 5.91 Å². The Kier molecular flexibility index (Phi) is 4.38. The summed E-state index contributed by atoms with van der Waals surface area (Å²) in [7, 11) is 0. The number of aromatic amines is 1. The molecule has 2 heterocycles. The molecule has 1 aromatic carbocycles. The predicted octanol–water partition coefficient (Wildman–Crippen LogP) is 2.55. The molecule has 0 saturated carbocycles. The summed E-state index contributed by atoms with van der Waals surface area (Å²) in [6.45, 7) is 1.78. The van der Waals surface area contributed by atoms with Crippen LogP contribution >= 0.6 is 0 Å². The quantitative estimate of drug-likeness (QED) is 0.857. The number of hydrogen-bond acceptors (Lipinski definition) is 3. The second-order valence-corrected chi connectivity index (χ2v) is 7.01. The molecule has 1 unspecified atom stereocenters. The molecule has 2 aliphatic rings. The predicted molar refractivity (Wildman–Crippen MR) is 96.2 cm³/mol. The van der Waals surface area contributed by atoms with Crippen LogP contribution in [0.5, 0.6) is 0 Å². The molecule has 0 radical (unpaired) electrons. The van der Waals surface area contributed by atoms with E-state index < -0.39 is 0 Å². The van der Waals surface area contributed by atoms with E-state index in [9.17, 15) is 9.59 Å². The molecular formula is C20H23N3O2. The molecule has 1 aliphatic heterocycles. The highest BCUT2D eigenvalue weighted by Gasteiger charge is 2.29. The fourth-order valence-electron chi connectivity index (χ4n) is 3.96. The second kappa shape index (κ2) is 6.82. The summed E-state index contributed by atoms with van der Waals surface area (Å²) >= 11 is 0. The number of carbonyl (C=O) groups is 1. The highest BCUT2D eigenvalue weighted by molar-refractivity contribution is 5.79. The van der Waals surface area contributed by atoms with Gasteiger partial charge in [-0.25, -0.2) is 4.98 Å². The van der Waals surface area contributed by atoms with Crippen molar-refractivity contribution in [1.29, 1.82) is 0 Å². The Morgan fingerprint density at radius 1 is 1.08 bits per heavy atom. The zero-order valence-corrected chi connectivity index (χ0v) is 14.3. The van der Waals surface area contributed by atoms with Gasteiger partial charge in [-0.2, -0.15) is 0 Å². The average molecular weight is 337 g/mol. The van der Waals surface area contributed by atoms with Crippen molar-refractivity contribution in [3.05, 3.63) is 51.9 Å². The molecule has 5 heteroatoms. The van der Waals surface area contributed by atoms with Gasteiger partial charge in [-0.15, -0.1) is 0 Å². The van der Waals surface area contributed by atoms with Crippen LogP contribution in [0.3, 0.4) is 0 Å². The number of nitrogens with zero attached hydrogens (tertiary/aromatic N) is 2. The maximum absolute atomic E-state index is 12.7. The summed E-state index contributed by atoms with van der Waals surface area (Å²) in [6.07, 6.45) is 5.09. The van der Waals surface area contributed by atoms with Crippen LogP contribution in [0, 0.1) is 5.92 Å². The second-order valence-electron chi connectivity index (χ2n) is 7.01. The Balaban J connectivity index is 1.58. The van der Waals surface area contributed by atoms with Crippen molar-refractivity contribution < 1.29 is 4.79 Å². The minimum Gasteiger partial charge on any atom is -0.342 e. The number of fused-ring (bicyclic) bond motifs is 1. The average Bonchev–Trinajstić information content (AvgIpc) is 3.09. The van der Waals surface area contributed by atoms with Crippen LogP contribution in [0.2, 0.25) is 0 Å². The number of hydrogen-bond donors (Lipinski definition) is 1. The minimum atomic E-state index is -0.0573. The number of aryl methyl sites for hydroxylation is 1. The van der Waals surface area contributed by atoms with E-state index in [1.165, 1.54) is 0 Å². The lowest BCUT2D eigenvalue weighted by atomic mass is 9.98. The van der Waals surface area contributed by atoms with E-state index in [4.69, 9.17) is 4.98 Å². The van der Waals surface area contributed by atoms with Crippen molar-refractivity contribution in [3.63, 3.8) is 0 Å². The van der Waals surface area contributed by atoms with E-state index in [0.29, 0.717) is 18.7 Å². The van der Waals surface area contributed by atoms with E-state index in [0.717, 1.165) is 55.6 Å². The Morgan fingerprint density at radius 2 is 1.80 bits per heavy atom. The van der Waals surface area contributed by atoms with Crippen molar-refractivity contribution in [3.8, 4) is 11.4 Å². The number of rotatable bonds is 2. The van der Waals surface area contributed by atoms with Gasteiger partial charge in [-0.05, 0) is 38.5 Å². The summed E-state index contributed by atoms with van der Waals surface area (Å²) < 4.78 is 0. The fourth-order valence-corrected chi connectivity index (χ4v) is 3.96. The summed E-state index contributed by atoms with van der Waals surface area (Å²) in [5.74, 6) is 0.908. The standard InChI is InChI=1S/C20H23N3O2/c24-19-16-10-8-15(20(25)23-12-4-5-13-23)9-11-17(16)21-18(22-19)14-6-2-1-3-7-14/h1-3,6-7,15H,4-5,8-13H2,(H,21,22,24). The van der Waals surface area contributed by atoms with E-state index >= 15 is 0 Å². The molecule has 1 amide bonds. The number of amides is 1. The number of aromatic nitrogens is 2. The molecule has 5 nitrogen and oxygen atoms in total. The molecule has 1 fully saturated rings. The molecule has 1 saturated heterocycles. The van der Waals surface area contributed by atoms with Gasteiger partial charge in [0.25, 0.3) is 5.56 Å². The maximum Gasteiger partial charge on any atom is 0.254 e. The first-order chi connectivity index (χ1) is 12.2. The van der Waals surface area contributed by atoms with Gasteiger partial charge >= 0.3 is 0 Å². The van der Waals surface area contributed by atoms with Crippen molar-refractivity contribution >= 4 is 5.91 Å². The third-order valence-corrected chi connectivity index (χ3v) is 5.39. The van der Waals surface area contributed by atoms with E-state index in [2.05, 4.69) is 4.98 Å². The van der Waals surface area contributed by atoms with Crippen molar-refractivity contribution in [2.75, 3.05) is 13.1 Å². The van der Waals surface area contributed by atoms with Crippen molar-refractivity contribution in [2.45, 2.75) is 38.5 Å². The molecular weight excluding hydrogens is 314 g/mol. The lowest BCUT2D eigenvalue weighted by molar-refractivity contribution is -0.134. The van der Waals surface area contributed by atoms with Crippen LogP contribution in [-0.4, -0.2) is 33.9 Å². The van der Waals surface area contributed by atoms with Crippen LogP contribution in [-0.2, 0) is 17.6 Å². The summed E-state index contributed by atoms with van der Waals surface area (Å²) in [5, 5.41) is 0. The summed E-state index contributed by atoms with van der Waals surface area (Å²) in [4.78, 5) is 34.9. The first-order valence-corrected chi connectivity index (χ1v) is 9.18. The van der Waals surface area contributed by atoms with E-state index in [-0.39, 0.29) is 17.4 Å². The fraction of sp³-hybridized carbons (Fsp3) is 0.450. The lowest BCUT2D eigenvalue weighted by Crippen LogP contribution is -2.34. The normalized spacial score (nSPS) is 20.2. The zero-order chi connectivity index (χ0) is 17.2. The molecule has 25 heavy (non-hydrogen) atoms. The van der Waals surface area contributed by atoms with Gasteiger partial charge in [0.05, 0.1) is 5.69 Å². The van der Waals surface area contributed by atoms with Gasteiger partial charge in [0.15, 0.2) is 0 Å². The first kappa shape index (κ1) is 16.1. The maximum atomic E-state index is 12.7.